The van der Waals surface area contributed by atoms with Crippen LogP contribution in [0.1, 0.15) is 18.4 Å². The minimum Gasteiger partial charge on any atom is -0.493 e. The van der Waals surface area contributed by atoms with Crippen molar-refractivity contribution >= 4 is 10.2 Å². The SMILES string of the molecule is COc1ccc(C2(NS(=O)(=O)N(C)C)CC2)cc1OC. The molecule has 0 spiro atoms. The van der Waals surface area contributed by atoms with Crippen LogP contribution in [0, 0.1) is 0 Å². The van der Waals surface area contributed by atoms with E-state index in [4.69, 9.17) is 9.47 Å². The summed E-state index contributed by atoms with van der Waals surface area (Å²) in [7, 11) is 2.68. The largest absolute Gasteiger partial charge is 0.493 e. The Morgan fingerprint density at radius 1 is 1.15 bits per heavy atom. The molecular weight excluding hydrogens is 280 g/mol. The van der Waals surface area contributed by atoms with Crippen LogP contribution in [0.5, 0.6) is 11.5 Å². The maximum Gasteiger partial charge on any atom is 0.279 e. The van der Waals surface area contributed by atoms with Crippen molar-refractivity contribution in [3.63, 3.8) is 0 Å². The zero-order valence-electron chi connectivity index (χ0n) is 12.1. The van der Waals surface area contributed by atoms with Crippen molar-refractivity contribution in [1.82, 2.24) is 9.03 Å². The summed E-state index contributed by atoms with van der Waals surface area (Å²) in [5, 5.41) is 0. The molecule has 0 unspecified atom stereocenters. The molecule has 0 amide bonds. The number of nitrogens with zero attached hydrogens (tertiary/aromatic N) is 1. The van der Waals surface area contributed by atoms with Crippen LogP contribution in [0.2, 0.25) is 0 Å². The quantitative estimate of drug-likeness (QED) is 0.854. The van der Waals surface area contributed by atoms with Crippen molar-refractivity contribution in [2.75, 3.05) is 28.3 Å². The molecule has 1 fully saturated rings. The highest BCUT2D eigenvalue weighted by Gasteiger charge is 2.48. The number of hydrogen-bond acceptors (Lipinski definition) is 4. The molecule has 0 radical (unpaired) electrons. The minimum atomic E-state index is -3.47. The second-order valence-electron chi connectivity index (χ2n) is 5.04. The van der Waals surface area contributed by atoms with Gasteiger partial charge in [0, 0.05) is 14.1 Å². The first-order chi connectivity index (χ1) is 9.34. The normalized spacial score (nSPS) is 17.1. The molecule has 0 heterocycles. The summed E-state index contributed by atoms with van der Waals surface area (Å²) < 4.78 is 38.4. The van der Waals surface area contributed by atoms with E-state index in [2.05, 4.69) is 4.72 Å². The Morgan fingerprint density at radius 2 is 1.75 bits per heavy atom. The minimum absolute atomic E-state index is 0.525. The van der Waals surface area contributed by atoms with Crippen LogP contribution in [-0.4, -0.2) is 41.0 Å². The number of nitrogens with one attached hydrogen (secondary N) is 1. The second-order valence-corrected chi connectivity index (χ2v) is 6.93. The molecule has 0 atom stereocenters. The van der Waals surface area contributed by atoms with E-state index in [-0.39, 0.29) is 0 Å². The molecule has 1 aromatic rings. The number of methoxy groups -OCH3 is 2. The lowest BCUT2D eigenvalue weighted by Crippen LogP contribution is -2.42. The summed E-state index contributed by atoms with van der Waals surface area (Å²) in [6.45, 7) is 0. The maximum absolute atomic E-state index is 12.0. The molecule has 20 heavy (non-hydrogen) atoms. The van der Waals surface area contributed by atoms with Crippen LogP contribution in [0.3, 0.4) is 0 Å². The van der Waals surface area contributed by atoms with E-state index in [0.29, 0.717) is 11.5 Å². The van der Waals surface area contributed by atoms with Crippen LogP contribution >= 0.6 is 0 Å². The van der Waals surface area contributed by atoms with Gasteiger partial charge >= 0.3 is 0 Å². The molecule has 7 heteroatoms. The van der Waals surface area contributed by atoms with Gasteiger partial charge in [-0.1, -0.05) is 6.07 Å². The molecule has 0 bridgehead atoms. The summed E-state index contributed by atoms with van der Waals surface area (Å²) in [5.41, 5.74) is 0.364. The fraction of sp³-hybridized carbons (Fsp3) is 0.538. The van der Waals surface area contributed by atoms with Crippen molar-refractivity contribution in [3.8, 4) is 11.5 Å². The summed E-state index contributed by atoms with van der Waals surface area (Å²) in [6, 6.07) is 5.48. The van der Waals surface area contributed by atoms with Crippen molar-refractivity contribution in [1.29, 1.82) is 0 Å². The van der Waals surface area contributed by atoms with Gasteiger partial charge in [0.05, 0.1) is 19.8 Å². The standard InChI is InChI=1S/C13H20N2O4S/c1-15(2)20(16,17)14-13(7-8-13)10-5-6-11(18-3)12(9-10)19-4/h5-6,9,14H,7-8H2,1-4H3. The first-order valence-corrected chi connectivity index (χ1v) is 7.72. The molecule has 112 valence electrons. The zero-order chi connectivity index (χ0) is 15.0. The zero-order valence-corrected chi connectivity index (χ0v) is 13.0. The summed E-state index contributed by atoms with van der Waals surface area (Å²) >= 11 is 0. The van der Waals surface area contributed by atoms with Crippen LogP contribution < -0.4 is 14.2 Å². The number of benzene rings is 1. The van der Waals surface area contributed by atoms with Crippen LogP contribution in [-0.2, 0) is 15.7 Å². The van der Waals surface area contributed by atoms with E-state index < -0.39 is 15.7 Å². The fourth-order valence-corrected chi connectivity index (χ4v) is 3.05. The third-order valence-electron chi connectivity index (χ3n) is 3.49. The van der Waals surface area contributed by atoms with Crippen LogP contribution in [0.4, 0.5) is 0 Å². The number of ether oxygens (including phenoxy) is 2. The molecule has 0 aromatic heterocycles. The first kappa shape index (κ1) is 15.1. The van der Waals surface area contributed by atoms with E-state index in [9.17, 15) is 8.42 Å². The Hall–Kier alpha value is -1.31. The van der Waals surface area contributed by atoms with Gasteiger partial charge in [0.25, 0.3) is 10.2 Å². The second kappa shape index (κ2) is 5.23. The first-order valence-electron chi connectivity index (χ1n) is 6.28. The van der Waals surface area contributed by atoms with Crippen LogP contribution in [0.15, 0.2) is 18.2 Å². The third kappa shape index (κ3) is 2.74. The van der Waals surface area contributed by atoms with Gasteiger partial charge in [0.1, 0.15) is 0 Å². The lowest BCUT2D eigenvalue weighted by molar-refractivity contribution is 0.354. The Kier molecular flexibility index (Phi) is 3.95. The van der Waals surface area contributed by atoms with Gasteiger partial charge in [-0.25, -0.2) is 0 Å². The maximum atomic E-state index is 12.0. The van der Waals surface area contributed by atoms with Gasteiger partial charge in [-0.2, -0.15) is 17.4 Å². The smallest absolute Gasteiger partial charge is 0.279 e. The predicted molar refractivity (Wildman–Crippen MR) is 76.2 cm³/mol. The van der Waals surface area contributed by atoms with E-state index in [1.54, 1.807) is 20.3 Å². The molecule has 2 rings (SSSR count). The third-order valence-corrected chi connectivity index (χ3v) is 5.10. The fourth-order valence-electron chi connectivity index (χ4n) is 2.05. The van der Waals surface area contributed by atoms with Gasteiger partial charge in [-0.3, -0.25) is 0 Å². The van der Waals surface area contributed by atoms with Gasteiger partial charge in [-0.15, -0.1) is 0 Å². The molecule has 6 nitrogen and oxygen atoms in total. The molecule has 0 aliphatic heterocycles. The summed E-state index contributed by atoms with van der Waals surface area (Å²) in [4.78, 5) is 0. The Balaban J connectivity index is 2.32. The Bertz CT molecular complexity index is 594. The predicted octanol–water partition coefficient (Wildman–Crippen LogP) is 1.09. The van der Waals surface area contributed by atoms with E-state index in [0.717, 1.165) is 18.4 Å². The molecular formula is C13H20N2O4S. The Morgan fingerprint density at radius 3 is 2.20 bits per heavy atom. The van der Waals surface area contributed by atoms with E-state index in [1.807, 2.05) is 12.1 Å². The highest BCUT2D eigenvalue weighted by molar-refractivity contribution is 7.87. The topological polar surface area (TPSA) is 67.9 Å². The molecule has 1 saturated carbocycles. The van der Waals surface area contributed by atoms with Gasteiger partial charge < -0.3 is 9.47 Å². The summed E-state index contributed by atoms with van der Waals surface area (Å²) in [6.07, 6.45) is 1.55. The molecule has 1 aliphatic rings. The molecule has 1 aliphatic carbocycles. The molecule has 1 N–H and O–H groups in total. The lowest BCUT2D eigenvalue weighted by atomic mass is 10.1. The van der Waals surface area contributed by atoms with Gasteiger partial charge in [0.2, 0.25) is 0 Å². The van der Waals surface area contributed by atoms with Gasteiger partial charge in [-0.05, 0) is 30.5 Å². The highest BCUT2D eigenvalue weighted by atomic mass is 32.2. The summed E-state index contributed by atoms with van der Waals surface area (Å²) in [5.74, 6) is 1.22. The highest BCUT2D eigenvalue weighted by Crippen LogP contribution is 2.48. The molecule has 0 saturated heterocycles. The van der Waals surface area contributed by atoms with E-state index in [1.165, 1.54) is 18.4 Å². The Labute approximate surface area is 119 Å². The van der Waals surface area contributed by atoms with Gasteiger partial charge in [0.15, 0.2) is 11.5 Å². The number of hydrogen-bond donors (Lipinski definition) is 1. The van der Waals surface area contributed by atoms with Crippen LogP contribution in [0.25, 0.3) is 0 Å². The van der Waals surface area contributed by atoms with Crippen molar-refractivity contribution < 1.29 is 17.9 Å². The van der Waals surface area contributed by atoms with E-state index >= 15 is 0 Å². The molecule has 1 aromatic carbocycles. The van der Waals surface area contributed by atoms with Crippen molar-refractivity contribution in [3.05, 3.63) is 23.8 Å². The lowest BCUT2D eigenvalue weighted by Gasteiger charge is -2.21. The van der Waals surface area contributed by atoms with Crippen molar-refractivity contribution in [2.24, 2.45) is 0 Å². The van der Waals surface area contributed by atoms with Crippen molar-refractivity contribution in [2.45, 2.75) is 18.4 Å². The average molecular weight is 300 g/mol. The monoisotopic (exact) mass is 300 g/mol. The average Bonchev–Trinajstić information content (AvgIpc) is 3.17. The number of rotatable bonds is 6.